The summed E-state index contributed by atoms with van der Waals surface area (Å²) in [4.78, 5) is 3.45. The molecule has 0 radical (unpaired) electrons. The third kappa shape index (κ3) is 2.19. The highest BCUT2D eigenvalue weighted by molar-refractivity contribution is 5.84. The van der Waals surface area contributed by atoms with Crippen LogP contribution in [0.2, 0.25) is 0 Å². The number of hydrogen-bond acceptors (Lipinski definition) is 0. The average Bonchev–Trinajstić information content (AvgIpc) is 2.61. The number of benzene rings is 1. The third-order valence-electron chi connectivity index (χ3n) is 3.11. The fourth-order valence-corrected chi connectivity index (χ4v) is 2.25. The number of nitrogens with one attached hydrogen (secondary N) is 1. The topological polar surface area (TPSA) is 15.8 Å². The van der Waals surface area contributed by atoms with Crippen molar-refractivity contribution in [2.75, 3.05) is 0 Å². The lowest BCUT2D eigenvalue weighted by atomic mass is 10.0. The molecule has 1 aromatic heterocycles. The lowest BCUT2D eigenvalue weighted by molar-refractivity contribution is 0.748. The molecule has 0 unspecified atom stereocenters. The number of H-pyrrole nitrogens is 1. The number of allylic oxidation sites excluding steroid dienone is 1. The van der Waals surface area contributed by atoms with Gasteiger partial charge < -0.3 is 4.98 Å². The minimum absolute atomic E-state index is 1.13. The van der Waals surface area contributed by atoms with Gasteiger partial charge in [-0.25, -0.2) is 0 Å². The van der Waals surface area contributed by atoms with Crippen molar-refractivity contribution in [3.8, 4) is 0 Å². The molecule has 0 saturated carbocycles. The molecule has 2 rings (SSSR count). The van der Waals surface area contributed by atoms with Gasteiger partial charge in [0.05, 0.1) is 0 Å². The molecule has 1 N–H and O–H groups in total. The van der Waals surface area contributed by atoms with Gasteiger partial charge in [-0.3, -0.25) is 0 Å². The molecule has 0 amide bonds. The highest BCUT2D eigenvalue weighted by Crippen LogP contribution is 2.23. The van der Waals surface area contributed by atoms with E-state index in [-0.39, 0.29) is 0 Å². The molecule has 0 spiro atoms. The Labute approximate surface area is 97.2 Å². The smallest absolute Gasteiger partial charge is 0.0458 e. The van der Waals surface area contributed by atoms with Gasteiger partial charge in [0, 0.05) is 16.6 Å². The van der Waals surface area contributed by atoms with E-state index in [9.17, 15) is 0 Å². The van der Waals surface area contributed by atoms with Crippen molar-refractivity contribution in [2.24, 2.45) is 0 Å². The second-order valence-corrected chi connectivity index (χ2v) is 4.31. The highest BCUT2D eigenvalue weighted by Gasteiger charge is 2.06. The summed E-state index contributed by atoms with van der Waals surface area (Å²) in [6, 6.07) is 8.56. The number of rotatable bonds is 5. The van der Waals surface area contributed by atoms with Crippen LogP contribution >= 0.6 is 0 Å². The predicted octanol–water partition coefficient (Wildman–Crippen LogP) is 4.38. The number of hydrogen-bond donors (Lipinski definition) is 1. The Balaban J connectivity index is 2.16. The summed E-state index contributed by atoms with van der Waals surface area (Å²) in [5, 5.41) is 1.39. The first-order valence-electron chi connectivity index (χ1n) is 6.00. The summed E-state index contributed by atoms with van der Waals surface area (Å²) in [6.45, 7) is 5.93. The summed E-state index contributed by atoms with van der Waals surface area (Å²) in [6.07, 6.45) is 6.78. The van der Waals surface area contributed by atoms with Crippen molar-refractivity contribution < 1.29 is 0 Å². The minimum atomic E-state index is 1.13. The summed E-state index contributed by atoms with van der Waals surface area (Å²) >= 11 is 0. The second kappa shape index (κ2) is 5.02. The van der Waals surface area contributed by atoms with Crippen LogP contribution in [0.15, 0.2) is 36.9 Å². The molecular weight excluding hydrogens is 194 g/mol. The molecule has 0 bridgehead atoms. The van der Waals surface area contributed by atoms with Gasteiger partial charge in [-0.1, -0.05) is 24.3 Å². The maximum absolute atomic E-state index is 3.76. The van der Waals surface area contributed by atoms with Crippen molar-refractivity contribution >= 4 is 10.9 Å². The van der Waals surface area contributed by atoms with Crippen LogP contribution in [-0.2, 0) is 6.42 Å². The molecular formula is C15H19N. The van der Waals surface area contributed by atoms with Crippen LogP contribution in [0.25, 0.3) is 10.9 Å². The Hall–Kier alpha value is -1.50. The standard InChI is InChI=1S/C15H19N/c1-3-4-5-6-9-13-12(2)16-15-11-8-7-10-14(13)15/h3,7-8,10-11,16H,1,4-6,9H2,2H3. The SMILES string of the molecule is C=CCCCCc1c(C)[nH]c2ccccc12. The van der Waals surface area contributed by atoms with Crippen LogP contribution in [0.1, 0.15) is 30.5 Å². The maximum atomic E-state index is 3.76. The van der Waals surface area contributed by atoms with Gasteiger partial charge in [0.1, 0.15) is 0 Å². The minimum Gasteiger partial charge on any atom is -0.358 e. The summed E-state index contributed by atoms with van der Waals surface area (Å²) < 4.78 is 0. The van der Waals surface area contributed by atoms with Crippen LogP contribution < -0.4 is 0 Å². The van der Waals surface area contributed by atoms with Crippen molar-refractivity contribution in [1.82, 2.24) is 4.98 Å². The first-order chi connectivity index (χ1) is 7.83. The zero-order chi connectivity index (χ0) is 11.4. The fraction of sp³-hybridized carbons (Fsp3) is 0.333. The molecule has 1 heterocycles. The lowest BCUT2D eigenvalue weighted by Crippen LogP contribution is -1.87. The van der Waals surface area contributed by atoms with Crippen molar-refractivity contribution in [3.63, 3.8) is 0 Å². The molecule has 16 heavy (non-hydrogen) atoms. The molecule has 0 saturated heterocycles. The number of para-hydroxylation sites is 1. The van der Waals surface area contributed by atoms with Gasteiger partial charge in [-0.15, -0.1) is 6.58 Å². The Morgan fingerprint density at radius 1 is 1.25 bits per heavy atom. The highest BCUT2D eigenvalue weighted by atomic mass is 14.7. The summed E-state index contributed by atoms with van der Waals surface area (Å²) in [7, 11) is 0. The van der Waals surface area contributed by atoms with E-state index >= 15 is 0 Å². The van der Waals surface area contributed by atoms with Crippen molar-refractivity contribution in [3.05, 3.63) is 48.2 Å². The molecule has 1 aromatic carbocycles. The van der Waals surface area contributed by atoms with Gasteiger partial charge in [-0.05, 0) is 44.2 Å². The van der Waals surface area contributed by atoms with Gasteiger partial charge in [-0.2, -0.15) is 0 Å². The average molecular weight is 213 g/mol. The number of aromatic nitrogens is 1. The Morgan fingerprint density at radius 2 is 2.06 bits per heavy atom. The van der Waals surface area contributed by atoms with E-state index in [1.54, 1.807) is 0 Å². The van der Waals surface area contributed by atoms with Crippen molar-refractivity contribution in [1.29, 1.82) is 0 Å². The molecule has 84 valence electrons. The molecule has 0 fully saturated rings. The number of aryl methyl sites for hydroxylation is 2. The maximum Gasteiger partial charge on any atom is 0.0458 e. The summed E-state index contributed by atoms with van der Waals surface area (Å²) in [5.41, 5.74) is 4.07. The Bertz CT molecular complexity index is 479. The lowest BCUT2D eigenvalue weighted by Gasteiger charge is -2.00. The van der Waals surface area contributed by atoms with E-state index in [0.717, 1.165) is 6.42 Å². The second-order valence-electron chi connectivity index (χ2n) is 4.31. The first kappa shape index (κ1) is 11.0. The number of fused-ring (bicyclic) bond motifs is 1. The van der Waals surface area contributed by atoms with E-state index in [4.69, 9.17) is 0 Å². The third-order valence-corrected chi connectivity index (χ3v) is 3.11. The molecule has 0 aliphatic carbocycles. The van der Waals surface area contributed by atoms with Crippen LogP contribution in [-0.4, -0.2) is 4.98 Å². The number of unbranched alkanes of at least 4 members (excludes halogenated alkanes) is 2. The largest absolute Gasteiger partial charge is 0.358 e. The fourth-order valence-electron chi connectivity index (χ4n) is 2.25. The van der Waals surface area contributed by atoms with Crippen LogP contribution in [0.4, 0.5) is 0 Å². The molecule has 0 aliphatic rings. The van der Waals surface area contributed by atoms with E-state index in [1.807, 2.05) is 6.08 Å². The quantitative estimate of drug-likeness (QED) is 0.560. The molecule has 1 nitrogen and oxygen atoms in total. The zero-order valence-corrected chi connectivity index (χ0v) is 9.92. The van der Waals surface area contributed by atoms with Gasteiger partial charge >= 0.3 is 0 Å². The normalized spacial score (nSPS) is 10.8. The van der Waals surface area contributed by atoms with Gasteiger partial charge in [0.2, 0.25) is 0 Å². The molecule has 1 heteroatoms. The molecule has 0 aliphatic heterocycles. The molecule has 2 aromatic rings. The van der Waals surface area contributed by atoms with Crippen molar-refractivity contribution in [2.45, 2.75) is 32.6 Å². The van der Waals surface area contributed by atoms with Gasteiger partial charge in [0.15, 0.2) is 0 Å². The summed E-state index contributed by atoms with van der Waals surface area (Å²) in [5.74, 6) is 0. The molecule has 0 atom stereocenters. The monoisotopic (exact) mass is 213 g/mol. The van der Waals surface area contributed by atoms with Gasteiger partial charge in [0.25, 0.3) is 0 Å². The van der Waals surface area contributed by atoms with Crippen LogP contribution in [0, 0.1) is 6.92 Å². The van der Waals surface area contributed by atoms with E-state index in [1.165, 1.54) is 41.4 Å². The Kier molecular flexibility index (Phi) is 3.45. The van der Waals surface area contributed by atoms with E-state index in [0.29, 0.717) is 0 Å². The van der Waals surface area contributed by atoms with E-state index < -0.39 is 0 Å². The van der Waals surface area contributed by atoms with Crippen LogP contribution in [0.5, 0.6) is 0 Å². The van der Waals surface area contributed by atoms with Crippen LogP contribution in [0.3, 0.4) is 0 Å². The predicted molar refractivity (Wildman–Crippen MR) is 70.8 cm³/mol. The first-order valence-corrected chi connectivity index (χ1v) is 6.00. The Morgan fingerprint density at radius 3 is 2.88 bits per heavy atom. The zero-order valence-electron chi connectivity index (χ0n) is 9.92. The van der Waals surface area contributed by atoms with E-state index in [2.05, 4.69) is 42.8 Å². The number of aromatic amines is 1.